The van der Waals surface area contributed by atoms with E-state index in [-0.39, 0.29) is 0 Å². The summed E-state index contributed by atoms with van der Waals surface area (Å²) < 4.78 is 20.9. The van der Waals surface area contributed by atoms with Crippen molar-refractivity contribution < 1.29 is 18.9 Å². The van der Waals surface area contributed by atoms with Crippen LogP contribution < -0.4 is 20.1 Å². The highest BCUT2D eigenvalue weighted by Crippen LogP contribution is 2.24. The maximum Gasteiger partial charge on any atom is 0.191 e. The van der Waals surface area contributed by atoms with E-state index in [4.69, 9.17) is 18.9 Å². The van der Waals surface area contributed by atoms with Gasteiger partial charge in [-0.15, -0.1) is 0 Å². The number of methoxy groups -OCH3 is 3. The molecule has 0 spiro atoms. The lowest BCUT2D eigenvalue weighted by Gasteiger charge is -2.14. The van der Waals surface area contributed by atoms with Gasteiger partial charge in [-0.05, 0) is 18.6 Å². The Morgan fingerprint density at radius 2 is 1.88 bits per heavy atom. The van der Waals surface area contributed by atoms with Crippen LogP contribution in [0, 0.1) is 0 Å². The number of hydrogen-bond donors (Lipinski definition) is 2. The van der Waals surface area contributed by atoms with Crippen LogP contribution in [0.2, 0.25) is 0 Å². The van der Waals surface area contributed by atoms with Crippen LogP contribution in [0.5, 0.6) is 11.5 Å². The Kier molecular flexibility index (Phi) is 10.4. The molecule has 0 radical (unpaired) electrons. The minimum atomic E-state index is 0.608. The molecule has 0 saturated carbocycles. The monoisotopic (exact) mass is 339 g/mol. The van der Waals surface area contributed by atoms with E-state index in [1.54, 1.807) is 28.4 Å². The summed E-state index contributed by atoms with van der Waals surface area (Å²) in [4.78, 5) is 4.21. The van der Waals surface area contributed by atoms with Gasteiger partial charge in [0.15, 0.2) is 5.96 Å². The molecular weight excluding hydrogens is 310 g/mol. The standard InChI is InChI=1S/C17H29N3O4/c1-18-17(19-8-5-9-24-11-10-21-2)20-13-14-6-7-15(22-3)12-16(14)23-4/h6-7,12H,5,8-11,13H2,1-4H3,(H2,18,19,20). The molecule has 0 atom stereocenters. The van der Waals surface area contributed by atoms with E-state index in [1.807, 2.05) is 18.2 Å². The van der Waals surface area contributed by atoms with Crippen molar-refractivity contribution in [3.8, 4) is 11.5 Å². The van der Waals surface area contributed by atoms with Gasteiger partial charge in [0.25, 0.3) is 0 Å². The molecule has 7 heteroatoms. The molecule has 0 aliphatic carbocycles. The van der Waals surface area contributed by atoms with Crippen LogP contribution in [0.4, 0.5) is 0 Å². The number of hydrogen-bond acceptors (Lipinski definition) is 5. The molecule has 0 saturated heterocycles. The molecule has 0 aromatic heterocycles. The summed E-state index contributed by atoms with van der Waals surface area (Å²) in [5.74, 6) is 2.29. The summed E-state index contributed by atoms with van der Waals surface area (Å²) in [5.41, 5.74) is 1.03. The predicted octanol–water partition coefficient (Wildman–Crippen LogP) is 1.42. The Hall–Kier alpha value is -1.99. The van der Waals surface area contributed by atoms with Crippen molar-refractivity contribution in [2.75, 3.05) is 54.7 Å². The number of nitrogens with zero attached hydrogens (tertiary/aromatic N) is 1. The average molecular weight is 339 g/mol. The molecule has 0 bridgehead atoms. The normalized spacial score (nSPS) is 11.2. The van der Waals surface area contributed by atoms with E-state index in [0.29, 0.717) is 26.4 Å². The SMILES string of the molecule is CN=C(NCCCOCCOC)NCc1ccc(OC)cc1OC. The lowest BCUT2D eigenvalue weighted by Crippen LogP contribution is -2.37. The lowest BCUT2D eigenvalue weighted by atomic mass is 10.2. The van der Waals surface area contributed by atoms with E-state index in [0.717, 1.165) is 36.0 Å². The summed E-state index contributed by atoms with van der Waals surface area (Å²) >= 11 is 0. The third kappa shape index (κ3) is 7.52. The Morgan fingerprint density at radius 1 is 1.04 bits per heavy atom. The van der Waals surface area contributed by atoms with Gasteiger partial charge in [-0.1, -0.05) is 0 Å². The van der Waals surface area contributed by atoms with E-state index in [1.165, 1.54) is 0 Å². The number of guanidine groups is 1. The van der Waals surface area contributed by atoms with Gasteiger partial charge in [-0.3, -0.25) is 4.99 Å². The summed E-state index contributed by atoms with van der Waals surface area (Å²) in [7, 11) is 6.69. The second-order valence-electron chi connectivity index (χ2n) is 4.99. The molecule has 1 aromatic rings. The third-order valence-corrected chi connectivity index (χ3v) is 3.35. The average Bonchev–Trinajstić information content (AvgIpc) is 2.63. The summed E-state index contributed by atoms with van der Waals surface area (Å²) in [5, 5.41) is 6.52. The molecule has 0 aliphatic rings. The Bertz CT molecular complexity index is 495. The van der Waals surface area contributed by atoms with Crippen molar-refractivity contribution in [3.05, 3.63) is 23.8 Å². The summed E-state index contributed by atoms with van der Waals surface area (Å²) in [6, 6.07) is 5.75. The van der Waals surface area contributed by atoms with Gasteiger partial charge in [0.1, 0.15) is 11.5 Å². The fraction of sp³-hybridized carbons (Fsp3) is 0.588. The van der Waals surface area contributed by atoms with Gasteiger partial charge >= 0.3 is 0 Å². The van der Waals surface area contributed by atoms with E-state index in [2.05, 4.69) is 15.6 Å². The highest BCUT2D eigenvalue weighted by Gasteiger charge is 2.06. The van der Waals surface area contributed by atoms with Gasteiger partial charge in [-0.2, -0.15) is 0 Å². The van der Waals surface area contributed by atoms with Gasteiger partial charge in [0.2, 0.25) is 0 Å². The first kappa shape index (κ1) is 20.1. The molecule has 136 valence electrons. The molecule has 1 rings (SSSR count). The molecule has 0 amide bonds. The van der Waals surface area contributed by atoms with Crippen molar-refractivity contribution in [2.24, 2.45) is 4.99 Å². The number of aliphatic imine (C=N–C) groups is 1. The predicted molar refractivity (Wildman–Crippen MR) is 95.1 cm³/mol. The molecule has 0 fully saturated rings. The lowest BCUT2D eigenvalue weighted by molar-refractivity contribution is 0.0698. The van der Waals surface area contributed by atoms with Gasteiger partial charge in [0, 0.05) is 45.5 Å². The minimum absolute atomic E-state index is 0.608. The van der Waals surface area contributed by atoms with Crippen molar-refractivity contribution >= 4 is 5.96 Å². The zero-order valence-electron chi connectivity index (χ0n) is 15.1. The van der Waals surface area contributed by atoms with Crippen molar-refractivity contribution in [1.29, 1.82) is 0 Å². The molecular formula is C17H29N3O4. The fourth-order valence-electron chi connectivity index (χ4n) is 2.02. The van der Waals surface area contributed by atoms with Crippen molar-refractivity contribution in [1.82, 2.24) is 10.6 Å². The Morgan fingerprint density at radius 3 is 2.54 bits per heavy atom. The van der Waals surface area contributed by atoms with Gasteiger partial charge in [-0.25, -0.2) is 0 Å². The van der Waals surface area contributed by atoms with Crippen LogP contribution in [0.1, 0.15) is 12.0 Å². The maximum atomic E-state index is 5.42. The second kappa shape index (κ2) is 12.4. The van der Waals surface area contributed by atoms with Crippen molar-refractivity contribution in [2.45, 2.75) is 13.0 Å². The van der Waals surface area contributed by atoms with Crippen LogP contribution in [-0.2, 0) is 16.0 Å². The van der Waals surface area contributed by atoms with Crippen LogP contribution in [-0.4, -0.2) is 60.7 Å². The van der Waals surface area contributed by atoms with Crippen molar-refractivity contribution in [3.63, 3.8) is 0 Å². The maximum absolute atomic E-state index is 5.42. The second-order valence-corrected chi connectivity index (χ2v) is 4.99. The summed E-state index contributed by atoms with van der Waals surface area (Å²) in [6.45, 7) is 3.34. The van der Waals surface area contributed by atoms with Crippen LogP contribution in [0.3, 0.4) is 0 Å². The molecule has 7 nitrogen and oxygen atoms in total. The van der Waals surface area contributed by atoms with E-state index >= 15 is 0 Å². The number of nitrogens with one attached hydrogen (secondary N) is 2. The smallest absolute Gasteiger partial charge is 0.191 e. The minimum Gasteiger partial charge on any atom is -0.497 e. The quantitative estimate of drug-likeness (QED) is 0.361. The first-order valence-electron chi connectivity index (χ1n) is 7.97. The highest BCUT2D eigenvalue weighted by molar-refractivity contribution is 5.79. The zero-order valence-corrected chi connectivity index (χ0v) is 15.1. The van der Waals surface area contributed by atoms with Gasteiger partial charge in [0.05, 0.1) is 27.4 Å². The zero-order chi connectivity index (χ0) is 17.6. The highest BCUT2D eigenvalue weighted by atomic mass is 16.5. The van der Waals surface area contributed by atoms with Crippen LogP contribution in [0.15, 0.2) is 23.2 Å². The first-order chi connectivity index (χ1) is 11.7. The fourth-order valence-corrected chi connectivity index (χ4v) is 2.02. The van der Waals surface area contributed by atoms with Gasteiger partial charge < -0.3 is 29.6 Å². The van der Waals surface area contributed by atoms with Crippen LogP contribution >= 0.6 is 0 Å². The number of benzene rings is 1. The molecule has 0 heterocycles. The Balaban J connectivity index is 2.34. The van der Waals surface area contributed by atoms with E-state index in [9.17, 15) is 0 Å². The molecule has 24 heavy (non-hydrogen) atoms. The first-order valence-corrected chi connectivity index (χ1v) is 7.97. The largest absolute Gasteiger partial charge is 0.497 e. The summed E-state index contributed by atoms with van der Waals surface area (Å²) in [6.07, 6.45) is 0.899. The topological polar surface area (TPSA) is 73.3 Å². The third-order valence-electron chi connectivity index (χ3n) is 3.35. The molecule has 1 aromatic carbocycles. The molecule has 0 unspecified atom stereocenters. The number of rotatable bonds is 11. The van der Waals surface area contributed by atoms with E-state index < -0.39 is 0 Å². The van der Waals surface area contributed by atoms with Crippen LogP contribution in [0.25, 0.3) is 0 Å². The molecule has 2 N–H and O–H groups in total. The number of ether oxygens (including phenoxy) is 4. The Labute approximate surface area is 144 Å². The molecule has 0 aliphatic heterocycles.